The first kappa shape index (κ1) is 18.6. The van der Waals surface area contributed by atoms with Gasteiger partial charge in [0.15, 0.2) is 9.84 Å². The lowest BCUT2D eigenvalue weighted by atomic mass is 10.1. The SMILES string of the molecule is CN(CCCc1ccccc1)CC(O)c1ccc(S(C)(=O)=O)cc1. The third kappa shape index (κ3) is 5.74. The van der Waals surface area contributed by atoms with E-state index < -0.39 is 15.9 Å². The van der Waals surface area contributed by atoms with Crippen LogP contribution in [0.1, 0.15) is 23.7 Å². The Morgan fingerprint density at radius 1 is 1.04 bits per heavy atom. The van der Waals surface area contributed by atoms with E-state index in [1.807, 2.05) is 25.2 Å². The molecule has 0 aromatic heterocycles. The largest absolute Gasteiger partial charge is 0.387 e. The van der Waals surface area contributed by atoms with Crippen LogP contribution in [0, 0.1) is 0 Å². The Morgan fingerprint density at radius 3 is 2.25 bits per heavy atom. The second-order valence-corrected chi connectivity index (χ2v) is 8.22. The molecular weight excluding hydrogens is 322 g/mol. The number of benzene rings is 2. The fourth-order valence-corrected chi connectivity index (χ4v) is 3.26. The topological polar surface area (TPSA) is 57.6 Å². The van der Waals surface area contributed by atoms with Crippen molar-refractivity contribution in [1.82, 2.24) is 4.90 Å². The van der Waals surface area contributed by atoms with Crippen LogP contribution >= 0.6 is 0 Å². The lowest BCUT2D eigenvalue weighted by Crippen LogP contribution is -2.26. The Labute approximate surface area is 144 Å². The summed E-state index contributed by atoms with van der Waals surface area (Å²) in [6, 6.07) is 16.8. The normalized spacial score (nSPS) is 13.2. The molecule has 2 rings (SSSR count). The number of hydrogen-bond acceptors (Lipinski definition) is 4. The van der Waals surface area contributed by atoms with Gasteiger partial charge in [-0.25, -0.2) is 8.42 Å². The molecule has 1 unspecified atom stereocenters. The third-order valence-corrected chi connectivity index (χ3v) is 5.15. The Morgan fingerprint density at radius 2 is 1.67 bits per heavy atom. The summed E-state index contributed by atoms with van der Waals surface area (Å²) in [4.78, 5) is 2.37. The monoisotopic (exact) mass is 347 g/mol. The molecule has 130 valence electrons. The summed E-state index contributed by atoms with van der Waals surface area (Å²) in [6.07, 6.45) is 2.60. The van der Waals surface area contributed by atoms with Crippen LogP contribution in [0.3, 0.4) is 0 Å². The highest BCUT2D eigenvalue weighted by molar-refractivity contribution is 7.90. The van der Waals surface area contributed by atoms with Crippen molar-refractivity contribution < 1.29 is 13.5 Å². The first-order valence-corrected chi connectivity index (χ1v) is 9.96. The van der Waals surface area contributed by atoms with E-state index in [1.165, 1.54) is 11.8 Å². The van der Waals surface area contributed by atoms with Crippen molar-refractivity contribution in [3.63, 3.8) is 0 Å². The van der Waals surface area contributed by atoms with Gasteiger partial charge >= 0.3 is 0 Å². The van der Waals surface area contributed by atoms with Gasteiger partial charge in [-0.15, -0.1) is 0 Å². The van der Waals surface area contributed by atoms with E-state index in [9.17, 15) is 13.5 Å². The number of aryl methyl sites for hydroxylation is 1. The number of sulfone groups is 1. The minimum absolute atomic E-state index is 0.273. The molecule has 4 nitrogen and oxygen atoms in total. The van der Waals surface area contributed by atoms with Gasteiger partial charge in [0.2, 0.25) is 0 Å². The second kappa shape index (κ2) is 8.42. The van der Waals surface area contributed by atoms with Gasteiger partial charge < -0.3 is 10.0 Å². The van der Waals surface area contributed by atoms with Crippen molar-refractivity contribution >= 4 is 9.84 Å². The summed E-state index contributed by atoms with van der Waals surface area (Å²) in [7, 11) is -1.21. The van der Waals surface area contributed by atoms with Crippen molar-refractivity contribution in [2.75, 3.05) is 26.4 Å². The van der Waals surface area contributed by atoms with Crippen LogP contribution in [-0.4, -0.2) is 44.8 Å². The zero-order valence-corrected chi connectivity index (χ0v) is 15.0. The van der Waals surface area contributed by atoms with Crippen molar-refractivity contribution in [2.24, 2.45) is 0 Å². The van der Waals surface area contributed by atoms with E-state index in [1.54, 1.807) is 24.3 Å². The Hall–Kier alpha value is -1.69. The van der Waals surface area contributed by atoms with Crippen molar-refractivity contribution in [3.05, 3.63) is 65.7 Å². The molecule has 0 aliphatic carbocycles. The predicted octanol–water partition coefficient (Wildman–Crippen LogP) is 2.69. The van der Waals surface area contributed by atoms with E-state index in [-0.39, 0.29) is 4.90 Å². The summed E-state index contributed by atoms with van der Waals surface area (Å²) in [6.45, 7) is 1.42. The average Bonchev–Trinajstić information content (AvgIpc) is 2.55. The summed E-state index contributed by atoms with van der Waals surface area (Å²) in [5, 5.41) is 10.3. The smallest absolute Gasteiger partial charge is 0.175 e. The van der Waals surface area contributed by atoms with Crippen LogP contribution in [0.4, 0.5) is 0 Å². The molecule has 0 aliphatic heterocycles. The zero-order chi connectivity index (χ0) is 17.6. The second-order valence-electron chi connectivity index (χ2n) is 6.21. The molecule has 5 heteroatoms. The van der Waals surface area contributed by atoms with Gasteiger partial charge in [0.05, 0.1) is 11.0 Å². The maximum Gasteiger partial charge on any atom is 0.175 e. The van der Waals surface area contributed by atoms with Gasteiger partial charge in [-0.2, -0.15) is 0 Å². The molecule has 0 saturated heterocycles. The van der Waals surface area contributed by atoms with Crippen molar-refractivity contribution in [2.45, 2.75) is 23.8 Å². The molecule has 1 atom stereocenters. The van der Waals surface area contributed by atoms with Gasteiger partial charge in [-0.3, -0.25) is 0 Å². The summed E-state index contributed by atoms with van der Waals surface area (Å²) < 4.78 is 22.9. The van der Waals surface area contributed by atoms with E-state index >= 15 is 0 Å². The fraction of sp³-hybridized carbons (Fsp3) is 0.368. The molecule has 0 fully saturated rings. The molecule has 0 saturated carbocycles. The van der Waals surface area contributed by atoms with Crippen LogP contribution in [0.2, 0.25) is 0 Å². The lowest BCUT2D eigenvalue weighted by Gasteiger charge is -2.21. The molecule has 0 amide bonds. The minimum Gasteiger partial charge on any atom is -0.387 e. The number of nitrogens with zero attached hydrogens (tertiary/aromatic N) is 1. The first-order valence-electron chi connectivity index (χ1n) is 8.07. The van der Waals surface area contributed by atoms with Gasteiger partial charge in [-0.1, -0.05) is 42.5 Å². The molecule has 0 bridgehead atoms. The zero-order valence-electron chi connectivity index (χ0n) is 14.2. The van der Waals surface area contributed by atoms with Crippen LogP contribution in [0.5, 0.6) is 0 Å². The number of aliphatic hydroxyl groups is 1. The first-order chi connectivity index (χ1) is 11.4. The summed E-state index contributed by atoms with van der Waals surface area (Å²) in [5.74, 6) is 0. The number of hydrogen-bond donors (Lipinski definition) is 1. The standard InChI is InChI=1S/C19H25NO3S/c1-20(14-6-9-16-7-4-3-5-8-16)15-19(21)17-10-12-18(13-11-17)24(2,22)23/h3-5,7-8,10-13,19,21H,6,9,14-15H2,1-2H3. The molecule has 0 aliphatic rings. The summed E-state index contributed by atoms with van der Waals surface area (Å²) >= 11 is 0. The van der Waals surface area contributed by atoms with E-state index in [0.29, 0.717) is 6.54 Å². The lowest BCUT2D eigenvalue weighted by molar-refractivity contribution is 0.126. The van der Waals surface area contributed by atoms with E-state index in [0.717, 1.165) is 24.9 Å². The van der Waals surface area contributed by atoms with Crippen LogP contribution < -0.4 is 0 Å². The molecule has 0 radical (unpaired) electrons. The van der Waals surface area contributed by atoms with E-state index in [2.05, 4.69) is 17.0 Å². The highest BCUT2D eigenvalue weighted by Gasteiger charge is 2.12. The molecule has 2 aromatic carbocycles. The number of rotatable bonds is 8. The molecular formula is C19H25NO3S. The Kier molecular flexibility index (Phi) is 6.54. The fourth-order valence-electron chi connectivity index (χ4n) is 2.63. The van der Waals surface area contributed by atoms with Gasteiger partial charge in [0.1, 0.15) is 0 Å². The molecule has 24 heavy (non-hydrogen) atoms. The maximum atomic E-state index is 11.5. The van der Waals surface area contributed by atoms with Crippen LogP contribution in [-0.2, 0) is 16.3 Å². The van der Waals surface area contributed by atoms with Crippen molar-refractivity contribution in [3.8, 4) is 0 Å². The molecule has 0 heterocycles. The highest BCUT2D eigenvalue weighted by atomic mass is 32.2. The van der Waals surface area contributed by atoms with Crippen molar-refractivity contribution in [1.29, 1.82) is 0 Å². The maximum absolute atomic E-state index is 11.5. The molecule has 0 spiro atoms. The molecule has 1 N–H and O–H groups in total. The summed E-state index contributed by atoms with van der Waals surface area (Å²) in [5.41, 5.74) is 2.06. The van der Waals surface area contributed by atoms with Crippen LogP contribution in [0.15, 0.2) is 59.5 Å². The van der Waals surface area contributed by atoms with E-state index in [4.69, 9.17) is 0 Å². The highest BCUT2D eigenvalue weighted by Crippen LogP contribution is 2.17. The van der Waals surface area contributed by atoms with Gasteiger partial charge in [-0.05, 0) is 49.7 Å². The molecule has 2 aromatic rings. The minimum atomic E-state index is -3.20. The number of aliphatic hydroxyl groups excluding tert-OH is 1. The number of likely N-dealkylation sites (N-methyl/N-ethyl adjacent to an activating group) is 1. The quantitative estimate of drug-likeness (QED) is 0.798. The van der Waals surface area contributed by atoms with Crippen LogP contribution in [0.25, 0.3) is 0 Å². The Balaban J connectivity index is 1.81. The average molecular weight is 347 g/mol. The Bertz CT molecular complexity index is 727. The predicted molar refractivity (Wildman–Crippen MR) is 96.8 cm³/mol. The third-order valence-electron chi connectivity index (χ3n) is 4.03. The van der Waals surface area contributed by atoms with Gasteiger partial charge in [0.25, 0.3) is 0 Å². The van der Waals surface area contributed by atoms with Gasteiger partial charge in [0, 0.05) is 12.8 Å².